The maximum atomic E-state index is 14.4. The molecule has 7 heteroatoms. The van der Waals surface area contributed by atoms with Crippen LogP contribution in [0, 0.1) is 17.5 Å². The van der Waals surface area contributed by atoms with Crippen LogP contribution in [0.2, 0.25) is 0 Å². The molecule has 0 aliphatic rings. The van der Waals surface area contributed by atoms with Crippen LogP contribution in [0.5, 0.6) is 0 Å². The lowest BCUT2D eigenvalue weighted by molar-refractivity contribution is 0.513. The molecule has 2 heterocycles. The van der Waals surface area contributed by atoms with Crippen LogP contribution < -0.4 is 5.73 Å². The number of nitrogen functional groups attached to an aromatic ring is 1. The van der Waals surface area contributed by atoms with Gasteiger partial charge in [0.25, 0.3) is 0 Å². The van der Waals surface area contributed by atoms with Crippen molar-refractivity contribution in [3.8, 4) is 11.1 Å². The van der Waals surface area contributed by atoms with Gasteiger partial charge in [-0.15, -0.1) is 12.4 Å². The van der Waals surface area contributed by atoms with Crippen LogP contribution in [0.3, 0.4) is 0 Å². The van der Waals surface area contributed by atoms with Crippen LogP contribution in [0.1, 0.15) is 12.6 Å². The number of halogens is 4. The molecular weight excluding hydrogens is 327 g/mol. The van der Waals surface area contributed by atoms with Gasteiger partial charge in [-0.05, 0) is 30.7 Å². The Morgan fingerprint density at radius 2 is 1.87 bits per heavy atom. The van der Waals surface area contributed by atoms with Crippen LogP contribution in [-0.2, 0) is 6.42 Å². The van der Waals surface area contributed by atoms with Crippen molar-refractivity contribution in [1.29, 1.82) is 0 Å². The summed E-state index contributed by atoms with van der Waals surface area (Å²) in [5.41, 5.74) is 6.72. The summed E-state index contributed by atoms with van der Waals surface area (Å²) in [5.74, 6) is -2.42. The normalized spacial score (nSPS) is 10.6. The zero-order chi connectivity index (χ0) is 15.9. The molecule has 0 amide bonds. The van der Waals surface area contributed by atoms with Crippen molar-refractivity contribution in [3.05, 3.63) is 53.6 Å². The third kappa shape index (κ3) is 2.94. The summed E-state index contributed by atoms with van der Waals surface area (Å²) in [7, 11) is 0. The molecule has 0 saturated heterocycles. The van der Waals surface area contributed by atoms with Crippen LogP contribution in [0.15, 0.2) is 30.5 Å². The number of rotatable bonds is 2. The van der Waals surface area contributed by atoms with E-state index in [1.165, 1.54) is 6.07 Å². The number of aromatic nitrogens is 2. The van der Waals surface area contributed by atoms with Crippen molar-refractivity contribution in [1.82, 2.24) is 9.97 Å². The molecule has 23 heavy (non-hydrogen) atoms. The average molecular weight is 340 g/mol. The van der Waals surface area contributed by atoms with Crippen LogP contribution >= 0.6 is 12.4 Å². The predicted octanol–water partition coefficient (Wildman–Crippen LogP) is 4.28. The molecule has 3 aromatic rings. The summed E-state index contributed by atoms with van der Waals surface area (Å²) in [4.78, 5) is 8.07. The van der Waals surface area contributed by atoms with Gasteiger partial charge in [-0.1, -0.05) is 6.92 Å². The first-order valence-electron chi connectivity index (χ1n) is 6.70. The summed E-state index contributed by atoms with van der Waals surface area (Å²) in [5, 5.41) is 0.188. The van der Waals surface area contributed by atoms with E-state index in [0.717, 1.165) is 18.3 Å². The maximum absolute atomic E-state index is 14.4. The minimum absolute atomic E-state index is 0. The van der Waals surface area contributed by atoms with Crippen molar-refractivity contribution in [2.45, 2.75) is 13.3 Å². The number of nitrogens with two attached hydrogens (primary N) is 1. The third-order valence-corrected chi connectivity index (χ3v) is 3.43. The summed E-state index contributed by atoms with van der Waals surface area (Å²) in [6.45, 7) is 1.83. The van der Waals surface area contributed by atoms with Crippen LogP contribution in [-0.4, -0.2) is 9.97 Å². The summed E-state index contributed by atoms with van der Waals surface area (Å²) < 4.78 is 41.5. The fraction of sp³-hybridized carbons (Fsp3) is 0.125. The Labute approximate surface area is 136 Å². The highest BCUT2D eigenvalue weighted by atomic mass is 35.5. The van der Waals surface area contributed by atoms with Crippen molar-refractivity contribution in [2.75, 3.05) is 5.73 Å². The molecule has 3 nitrogen and oxygen atoms in total. The Morgan fingerprint density at radius 3 is 2.57 bits per heavy atom. The molecule has 2 N–H and O–H groups in total. The van der Waals surface area contributed by atoms with E-state index < -0.39 is 17.5 Å². The summed E-state index contributed by atoms with van der Waals surface area (Å²) in [6, 6.07) is 5.13. The lowest BCUT2D eigenvalue weighted by Crippen LogP contribution is -2.01. The second kappa shape index (κ2) is 6.42. The molecule has 0 atom stereocenters. The second-order valence-electron chi connectivity index (χ2n) is 4.86. The van der Waals surface area contributed by atoms with Gasteiger partial charge in [0.1, 0.15) is 11.6 Å². The Morgan fingerprint density at radius 1 is 1.13 bits per heavy atom. The summed E-state index contributed by atoms with van der Waals surface area (Å²) in [6.07, 6.45) is 1.46. The van der Waals surface area contributed by atoms with Crippen molar-refractivity contribution in [2.24, 2.45) is 0 Å². The topological polar surface area (TPSA) is 51.8 Å². The molecule has 0 fully saturated rings. The first-order chi connectivity index (χ1) is 10.5. The maximum Gasteiger partial charge on any atom is 0.168 e. The van der Waals surface area contributed by atoms with Crippen molar-refractivity contribution < 1.29 is 13.2 Å². The first kappa shape index (κ1) is 17.0. The number of hydrogen-bond acceptors (Lipinski definition) is 3. The van der Waals surface area contributed by atoms with Crippen molar-refractivity contribution >= 4 is 29.1 Å². The van der Waals surface area contributed by atoms with Gasteiger partial charge >= 0.3 is 0 Å². The third-order valence-electron chi connectivity index (χ3n) is 3.43. The highest BCUT2D eigenvalue weighted by Gasteiger charge is 2.19. The highest BCUT2D eigenvalue weighted by Crippen LogP contribution is 2.34. The van der Waals surface area contributed by atoms with Crippen LogP contribution in [0.25, 0.3) is 22.0 Å². The smallest absolute Gasteiger partial charge is 0.168 e. The Bertz CT molecular complexity index is 884. The van der Waals surface area contributed by atoms with E-state index in [9.17, 15) is 13.2 Å². The first-order valence-corrected chi connectivity index (χ1v) is 6.70. The van der Waals surface area contributed by atoms with Gasteiger partial charge in [0.2, 0.25) is 0 Å². The molecule has 0 aliphatic carbocycles. The standard InChI is InChI=1S/C16H12F3N3.ClH/c1-2-12-10(3-4-13(20)22-12)14-15(19)11(18)6-8-5-9(17)7-21-16(8)14;/h3-7H,2H2,1H3,(H2,20,22);1H. The quantitative estimate of drug-likeness (QED) is 0.758. The van der Waals surface area contributed by atoms with E-state index >= 15 is 0 Å². The van der Waals surface area contributed by atoms with Crippen molar-refractivity contribution in [3.63, 3.8) is 0 Å². The van der Waals surface area contributed by atoms with Gasteiger partial charge in [-0.2, -0.15) is 0 Å². The number of aryl methyl sites for hydroxylation is 1. The fourth-order valence-electron chi connectivity index (χ4n) is 2.46. The molecule has 1 aromatic carbocycles. The molecule has 0 radical (unpaired) electrons. The zero-order valence-corrected chi connectivity index (χ0v) is 12.9. The molecular formula is C16H13ClF3N3. The highest BCUT2D eigenvalue weighted by molar-refractivity contribution is 5.94. The molecule has 2 aromatic heterocycles. The zero-order valence-electron chi connectivity index (χ0n) is 12.1. The number of fused-ring (bicyclic) bond motifs is 1. The molecule has 0 bridgehead atoms. The number of benzene rings is 1. The van der Waals surface area contributed by atoms with Gasteiger partial charge < -0.3 is 5.73 Å². The minimum atomic E-state index is -1.06. The molecule has 0 aliphatic heterocycles. The molecule has 120 valence electrons. The van der Waals surface area contributed by atoms with E-state index in [2.05, 4.69) is 9.97 Å². The number of hydrogen-bond donors (Lipinski definition) is 1. The fourth-order valence-corrected chi connectivity index (χ4v) is 2.46. The predicted molar refractivity (Wildman–Crippen MR) is 85.9 cm³/mol. The van der Waals surface area contributed by atoms with Gasteiger partial charge in [0.05, 0.1) is 17.4 Å². The van der Waals surface area contributed by atoms with E-state index in [1.54, 1.807) is 6.07 Å². The largest absolute Gasteiger partial charge is 0.384 e. The number of nitrogens with zero attached hydrogens (tertiary/aromatic N) is 2. The van der Waals surface area contributed by atoms with Crippen LogP contribution in [0.4, 0.5) is 19.0 Å². The second-order valence-corrected chi connectivity index (χ2v) is 4.86. The van der Waals surface area contributed by atoms with E-state index in [1.807, 2.05) is 6.92 Å². The Hall–Kier alpha value is -2.34. The molecule has 0 saturated carbocycles. The minimum Gasteiger partial charge on any atom is -0.384 e. The van der Waals surface area contributed by atoms with Gasteiger partial charge in [-0.3, -0.25) is 4.98 Å². The Balaban J connectivity index is 0.00000192. The van der Waals surface area contributed by atoms with Gasteiger partial charge in [0.15, 0.2) is 11.6 Å². The summed E-state index contributed by atoms with van der Waals surface area (Å²) >= 11 is 0. The number of anilines is 1. The number of pyridine rings is 2. The lowest BCUT2D eigenvalue weighted by Gasteiger charge is -2.12. The molecule has 0 unspecified atom stereocenters. The monoisotopic (exact) mass is 339 g/mol. The average Bonchev–Trinajstić information content (AvgIpc) is 2.49. The van der Waals surface area contributed by atoms with E-state index in [-0.39, 0.29) is 28.9 Å². The van der Waals surface area contributed by atoms with E-state index in [4.69, 9.17) is 5.73 Å². The SMILES string of the molecule is CCc1nc(N)ccc1-c1c(F)c(F)cc2cc(F)cnc12.Cl. The molecule has 0 spiro atoms. The Kier molecular flexibility index (Phi) is 4.75. The van der Waals surface area contributed by atoms with E-state index in [0.29, 0.717) is 23.5 Å². The van der Waals surface area contributed by atoms with Gasteiger partial charge in [-0.25, -0.2) is 18.2 Å². The molecule has 3 rings (SSSR count). The lowest BCUT2D eigenvalue weighted by atomic mass is 9.98. The van der Waals surface area contributed by atoms with Gasteiger partial charge in [0, 0.05) is 16.5 Å².